The van der Waals surface area contributed by atoms with Crippen molar-refractivity contribution in [2.24, 2.45) is 0 Å². The van der Waals surface area contributed by atoms with Crippen LogP contribution in [0.25, 0.3) is 0 Å². The van der Waals surface area contributed by atoms with Gasteiger partial charge in [0.05, 0.1) is 38.0 Å². The Morgan fingerprint density at radius 1 is 1.19 bits per heavy atom. The summed E-state index contributed by atoms with van der Waals surface area (Å²) in [6.07, 6.45) is 6.42. The molecule has 0 saturated carbocycles. The molecule has 1 amide bonds. The molecule has 0 bridgehead atoms. The summed E-state index contributed by atoms with van der Waals surface area (Å²) in [4.78, 5) is 14.8. The highest BCUT2D eigenvalue weighted by molar-refractivity contribution is 5.93. The first kappa shape index (κ1) is 18.5. The average molecular weight is 372 g/mol. The van der Waals surface area contributed by atoms with Crippen molar-refractivity contribution < 1.29 is 14.3 Å². The molecule has 7 nitrogen and oxygen atoms in total. The molecule has 0 spiro atoms. The minimum Gasteiger partial charge on any atom is -0.379 e. The first-order chi connectivity index (χ1) is 13.3. The van der Waals surface area contributed by atoms with E-state index in [9.17, 15) is 10.1 Å². The van der Waals surface area contributed by atoms with E-state index in [1.165, 1.54) is 5.69 Å². The Kier molecular flexibility index (Phi) is 5.77. The van der Waals surface area contributed by atoms with Crippen LogP contribution in [0.5, 0.6) is 0 Å². The van der Waals surface area contributed by atoms with Crippen molar-refractivity contribution in [2.75, 3.05) is 44.8 Å². The number of fused-ring (bicyclic) bond motifs is 1. The molecule has 27 heavy (non-hydrogen) atoms. The summed E-state index contributed by atoms with van der Waals surface area (Å²) in [5.41, 5.74) is 3.00. The van der Waals surface area contributed by atoms with E-state index >= 15 is 0 Å². The van der Waals surface area contributed by atoms with Gasteiger partial charge in [-0.05, 0) is 44.1 Å². The van der Waals surface area contributed by atoms with E-state index < -0.39 is 0 Å². The van der Waals surface area contributed by atoms with Crippen LogP contribution in [0.2, 0.25) is 0 Å². The predicted molar refractivity (Wildman–Crippen MR) is 101 cm³/mol. The Morgan fingerprint density at radius 3 is 2.74 bits per heavy atom. The van der Waals surface area contributed by atoms with Gasteiger partial charge in [-0.2, -0.15) is 5.26 Å². The number of hydrogen-bond acceptors (Lipinski definition) is 5. The van der Waals surface area contributed by atoms with Crippen LogP contribution in [0.3, 0.4) is 0 Å². The van der Waals surface area contributed by atoms with Crippen molar-refractivity contribution in [3.63, 3.8) is 0 Å². The van der Waals surface area contributed by atoms with Gasteiger partial charge in [-0.25, -0.2) is 0 Å². The van der Waals surface area contributed by atoms with Crippen LogP contribution in [0, 0.1) is 11.3 Å². The molecular formula is C20H28N4O3. The number of carbonyl (C=O) groups is 1. The number of morpholine rings is 1. The molecule has 1 aliphatic carbocycles. The number of ether oxygens (including phenoxy) is 2. The second-order valence-corrected chi connectivity index (χ2v) is 7.65. The van der Waals surface area contributed by atoms with Crippen molar-refractivity contribution in [3.8, 4) is 6.07 Å². The molecule has 2 fully saturated rings. The van der Waals surface area contributed by atoms with E-state index in [-0.39, 0.29) is 12.0 Å². The van der Waals surface area contributed by atoms with Gasteiger partial charge in [-0.15, -0.1) is 0 Å². The van der Waals surface area contributed by atoms with Gasteiger partial charge in [0.1, 0.15) is 11.9 Å². The Morgan fingerprint density at radius 2 is 2.00 bits per heavy atom. The maximum atomic E-state index is 12.7. The van der Waals surface area contributed by atoms with Gasteiger partial charge in [0.25, 0.3) is 0 Å². The molecular weight excluding hydrogens is 344 g/mol. The van der Waals surface area contributed by atoms with E-state index in [2.05, 4.69) is 20.9 Å². The molecule has 1 aromatic rings. The molecule has 2 saturated heterocycles. The minimum absolute atomic E-state index is 0.0585. The summed E-state index contributed by atoms with van der Waals surface area (Å²) in [5.74, 6) is 0.620. The highest BCUT2D eigenvalue weighted by Crippen LogP contribution is 2.34. The largest absolute Gasteiger partial charge is 0.379 e. The summed E-state index contributed by atoms with van der Waals surface area (Å²) < 4.78 is 13.4. The number of carbonyl (C=O) groups excluding carboxylic acids is 1. The van der Waals surface area contributed by atoms with Gasteiger partial charge < -0.3 is 19.4 Å². The molecule has 2 aliphatic heterocycles. The number of anilines is 1. The van der Waals surface area contributed by atoms with E-state index in [0.717, 1.165) is 70.3 Å². The molecule has 146 valence electrons. The lowest BCUT2D eigenvalue weighted by atomic mass is 9.95. The molecule has 7 heteroatoms. The topological polar surface area (TPSA) is 79.5 Å². The van der Waals surface area contributed by atoms with Crippen molar-refractivity contribution in [3.05, 3.63) is 16.8 Å². The fraction of sp³-hybridized carbons (Fsp3) is 0.700. The Bertz CT molecular complexity index is 725. The smallest absolute Gasteiger partial charge is 0.239 e. The summed E-state index contributed by atoms with van der Waals surface area (Å²) in [6, 6.07) is 2.37. The normalized spacial score (nSPS) is 23.0. The van der Waals surface area contributed by atoms with Crippen LogP contribution >= 0.6 is 0 Å². The molecule has 1 atom stereocenters. The van der Waals surface area contributed by atoms with Crippen LogP contribution in [-0.4, -0.2) is 60.9 Å². The fourth-order valence-electron chi connectivity index (χ4n) is 4.45. The lowest BCUT2D eigenvalue weighted by molar-refractivity contribution is -0.118. The molecule has 0 radical (unpaired) electrons. The summed E-state index contributed by atoms with van der Waals surface area (Å²) in [7, 11) is 0. The number of hydrogen-bond donors (Lipinski definition) is 1. The Hall–Kier alpha value is -1.88. The number of nitrogens with one attached hydrogen (secondary N) is 1. The molecule has 0 aromatic carbocycles. The number of amides is 1. The Labute approximate surface area is 160 Å². The first-order valence-corrected chi connectivity index (χ1v) is 10.1. The van der Waals surface area contributed by atoms with Crippen LogP contribution in [-0.2, 0) is 33.7 Å². The number of rotatable bonds is 5. The first-order valence-electron chi connectivity index (χ1n) is 10.1. The molecule has 1 N–H and O–H groups in total. The van der Waals surface area contributed by atoms with Crippen molar-refractivity contribution in [1.82, 2.24) is 9.47 Å². The molecule has 3 aliphatic rings. The zero-order valence-electron chi connectivity index (χ0n) is 15.8. The minimum atomic E-state index is -0.0585. The van der Waals surface area contributed by atoms with Crippen molar-refractivity contribution >= 4 is 11.7 Å². The lowest BCUT2D eigenvalue weighted by Gasteiger charge is -2.26. The zero-order chi connectivity index (χ0) is 18.6. The van der Waals surface area contributed by atoms with E-state index in [1.807, 2.05) is 0 Å². The Balaban J connectivity index is 1.58. The number of nitriles is 1. The second kappa shape index (κ2) is 8.42. The van der Waals surface area contributed by atoms with Gasteiger partial charge >= 0.3 is 0 Å². The second-order valence-electron chi connectivity index (χ2n) is 7.65. The summed E-state index contributed by atoms with van der Waals surface area (Å²) >= 11 is 0. The SMILES string of the molecule is N#Cc1c2c(n(C[C@@H]3CCCO3)c1NC(=O)CN1CCOCC1)CCCC2. The van der Waals surface area contributed by atoms with Gasteiger partial charge in [0, 0.05) is 25.4 Å². The third-order valence-corrected chi connectivity index (χ3v) is 5.82. The number of aromatic nitrogens is 1. The van der Waals surface area contributed by atoms with Crippen LogP contribution < -0.4 is 5.32 Å². The predicted octanol–water partition coefficient (Wildman–Crippen LogP) is 1.69. The maximum Gasteiger partial charge on any atom is 0.239 e. The average Bonchev–Trinajstić information content (AvgIpc) is 3.30. The zero-order valence-corrected chi connectivity index (χ0v) is 15.8. The van der Waals surface area contributed by atoms with Gasteiger partial charge in [-0.3, -0.25) is 9.69 Å². The van der Waals surface area contributed by atoms with Crippen molar-refractivity contribution in [2.45, 2.75) is 51.2 Å². The van der Waals surface area contributed by atoms with E-state index in [0.29, 0.717) is 31.1 Å². The maximum absolute atomic E-state index is 12.7. The van der Waals surface area contributed by atoms with E-state index in [4.69, 9.17) is 9.47 Å². The van der Waals surface area contributed by atoms with Gasteiger partial charge in [-0.1, -0.05) is 0 Å². The monoisotopic (exact) mass is 372 g/mol. The highest BCUT2D eigenvalue weighted by atomic mass is 16.5. The van der Waals surface area contributed by atoms with Crippen LogP contribution in [0.1, 0.15) is 42.5 Å². The summed E-state index contributed by atoms with van der Waals surface area (Å²) in [6.45, 7) is 4.73. The molecule has 4 rings (SSSR count). The van der Waals surface area contributed by atoms with Gasteiger partial charge in [0.2, 0.25) is 5.91 Å². The third-order valence-electron chi connectivity index (χ3n) is 5.82. The van der Waals surface area contributed by atoms with Gasteiger partial charge in [0.15, 0.2) is 0 Å². The highest BCUT2D eigenvalue weighted by Gasteiger charge is 2.28. The van der Waals surface area contributed by atoms with Crippen LogP contribution in [0.15, 0.2) is 0 Å². The molecule has 1 aromatic heterocycles. The fourth-order valence-corrected chi connectivity index (χ4v) is 4.45. The van der Waals surface area contributed by atoms with Crippen LogP contribution in [0.4, 0.5) is 5.82 Å². The molecule has 3 heterocycles. The number of nitrogens with zero attached hydrogens (tertiary/aromatic N) is 3. The van der Waals surface area contributed by atoms with E-state index in [1.54, 1.807) is 0 Å². The lowest BCUT2D eigenvalue weighted by Crippen LogP contribution is -2.41. The molecule has 0 unspecified atom stereocenters. The van der Waals surface area contributed by atoms with Crippen molar-refractivity contribution in [1.29, 1.82) is 5.26 Å². The third kappa shape index (κ3) is 4.03. The standard InChI is InChI=1S/C20H28N4O3/c21-12-17-16-5-1-2-6-18(16)24(13-15-4-3-9-27-15)20(17)22-19(25)14-23-7-10-26-11-8-23/h15H,1-11,13-14H2,(H,22,25)/t15-/m0/s1. The summed E-state index contributed by atoms with van der Waals surface area (Å²) in [5, 5.41) is 12.9. The quantitative estimate of drug-likeness (QED) is 0.851.